The van der Waals surface area contributed by atoms with Crippen molar-refractivity contribution in [2.45, 2.75) is 45.4 Å². The zero-order valence-corrected chi connectivity index (χ0v) is 15.3. The van der Waals surface area contributed by atoms with E-state index < -0.39 is 0 Å². The minimum atomic E-state index is -0.154. The first-order chi connectivity index (χ1) is 12.2. The first-order valence-corrected chi connectivity index (χ1v) is 9.12. The summed E-state index contributed by atoms with van der Waals surface area (Å²) in [5, 5.41) is 0. The van der Waals surface area contributed by atoms with Gasteiger partial charge in [0.15, 0.2) is 0 Å². The lowest BCUT2D eigenvalue weighted by molar-refractivity contribution is -0.140. The van der Waals surface area contributed by atoms with Crippen molar-refractivity contribution in [1.29, 1.82) is 0 Å². The molecular weight excluding hydrogens is 312 g/mol. The highest BCUT2D eigenvalue weighted by Crippen LogP contribution is 2.31. The van der Waals surface area contributed by atoms with Crippen molar-refractivity contribution in [2.24, 2.45) is 0 Å². The average Bonchev–Trinajstić information content (AvgIpc) is 2.66. The number of esters is 1. The van der Waals surface area contributed by atoms with Crippen molar-refractivity contribution < 1.29 is 14.3 Å². The van der Waals surface area contributed by atoms with Gasteiger partial charge in [-0.3, -0.25) is 4.79 Å². The van der Waals surface area contributed by atoms with E-state index in [1.165, 1.54) is 25.5 Å². The summed E-state index contributed by atoms with van der Waals surface area (Å²) in [6, 6.07) is 16.6. The van der Waals surface area contributed by atoms with Gasteiger partial charge in [-0.1, -0.05) is 56.2 Å². The third kappa shape index (κ3) is 6.26. The molecule has 134 valence electrons. The fraction of sp³-hybridized carbons (Fsp3) is 0.409. The number of rotatable bonds is 10. The molecule has 0 aliphatic carbocycles. The van der Waals surface area contributed by atoms with Crippen LogP contribution < -0.4 is 4.74 Å². The normalized spacial score (nSPS) is 10.5. The molecule has 0 unspecified atom stereocenters. The Morgan fingerprint density at radius 2 is 1.80 bits per heavy atom. The number of ether oxygens (including phenoxy) is 2. The molecule has 3 heteroatoms. The smallest absolute Gasteiger partial charge is 0.305 e. The lowest BCUT2D eigenvalue weighted by Gasteiger charge is -2.14. The number of unbranched alkanes of at least 4 members (excludes halogenated alkanes) is 2. The summed E-state index contributed by atoms with van der Waals surface area (Å²) >= 11 is 0. The van der Waals surface area contributed by atoms with E-state index in [2.05, 4.69) is 37.3 Å². The molecule has 0 aliphatic rings. The van der Waals surface area contributed by atoms with Crippen molar-refractivity contribution >= 4 is 5.97 Å². The molecule has 2 aromatic rings. The summed E-state index contributed by atoms with van der Waals surface area (Å²) < 4.78 is 10.7. The second-order valence-corrected chi connectivity index (χ2v) is 6.18. The highest BCUT2D eigenvalue weighted by atomic mass is 16.5. The third-order valence-electron chi connectivity index (χ3n) is 4.21. The van der Waals surface area contributed by atoms with Gasteiger partial charge in [0.2, 0.25) is 0 Å². The van der Waals surface area contributed by atoms with Crippen molar-refractivity contribution in [3.8, 4) is 16.9 Å². The quantitative estimate of drug-likeness (QED) is 0.428. The molecule has 0 amide bonds. The van der Waals surface area contributed by atoms with Gasteiger partial charge in [0.25, 0.3) is 0 Å². The van der Waals surface area contributed by atoms with Crippen molar-refractivity contribution in [3.63, 3.8) is 0 Å². The maximum Gasteiger partial charge on any atom is 0.305 e. The van der Waals surface area contributed by atoms with Crippen LogP contribution in [0.3, 0.4) is 0 Å². The maximum atomic E-state index is 11.3. The van der Waals surface area contributed by atoms with E-state index in [1.807, 2.05) is 18.2 Å². The molecule has 0 atom stereocenters. The van der Waals surface area contributed by atoms with Crippen LogP contribution in [-0.2, 0) is 16.0 Å². The Morgan fingerprint density at radius 1 is 1.00 bits per heavy atom. The van der Waals surface area contributed by atoms with E-state index in [0.717, 1.165) is 42.7 Å². The Morgan fingerprint density at radius 3 is 2.52 bits per heavy atom. The molecule has 2 aromatic carbocycles. The van der Waals surface area contributed by atoms with Crippen LogP contribution in [0.5, 0.6) is 5.75 Å². The van der Waals surface area contributed by atoms with Crippen LogP contribution in [0.25, 0.3) is 11.1 Å². The largest absolute Gasteiger partial charge is 0.493 e. The number of methoxy groups -OCH3 is 1. The van der Waals surface area contributed by atoms with Gasteiger partial charge >= 0.3 is 5.97 Å². The minimum Gasteiger partial charge on any atom is -0.493 e. The van der Waals surface area contributed by atoms with E-state index in [0.29, 0.717) is 6.42 Å². The summed E-state index contributed by atoms with van der Waals surface area (Å²) in [5.74, 6) is 0.776. The fourth-order valence-electron chi connectivity index (χ4n) is 2.77. The van der Waals surface area contributed by atoms with Crippen molar-refractivity contribution in [3.05, 3.63) is 54.1 Å². The van der Waals surface area contributed by atoms with Crippen LogP contribution in [0.15, 0.2) is 48.5 Å². The Labute approximate surface area is 151 Å². The third-order valence-corrected chi connectivity index (χ3v) is 4.21. The van der Waals surface area contributed by atoms with Gasteiger partial charge in [-0.25, -0.2) is 0 Å². The van der Waals surface area contributed by atoms with Crippen LogP contribution in [0, 0.1) is 0 Å². The van der Waals surface area contributed by atoms with Gasteiger partial charge in [0.05, 0.1) is 13.7 Å². The zero-order valence-electron chi connectivity index (χ0n) is 15.3. The summed E-state index contributed by atoms with van der Waals surface area (Å²) in [4.78, 5) is 11.3. The first-order valence-electron chi connectivity index (χ1n) is 9.12. The van der Waals surface area contributed by atoms with Gasteiger partial charge in [-0.05, 0) is 42.5 Å². The van der Waals surface area contributed by atoms with Crippen LogP contribution in [0.4, 0.5) is 0 Å². The standard InChI is InChI=1S/C22H28O3/c1-3-4-8-16-25-21-15-14-18(10-9-13-22(23)24-2)17-20(21)19-11-6-5-7-12-19/h5-7,11-12,14-15,17H,3-4,8-10,13,16H2,1-2H3. The van der Waals surface area contributed by atoms with E-state index in [-0.39, 0.29) is 5.97 Å². The molecular formula is C22H28O3. The number of benzene rings is 2. The van der Waals surface area contributed by atoms with Crippen molar-refractivity contribution in [2.75, 3.05) is 13.7 Å². The molecule has 0 saturated carbocycles. The summed E-state index contributed by atoms with van der Waals surface area (Å²) in [6.07, 6.45) is 5.54. The Hall–Kier alpha value is -2.29. The molecule has 25 heavy (non-hydrogen) atoms. The van der Waals surface area contributed by atoms with E-state index in [4.69, 9.17) is 9.47 Å². The Balaban J connectivity index is 2.12. The lowest BCUT2D eigenvalue weighted by atomic mass is 9.99. The van der Waals surface area contributed by atoms with E-state index in [1.54, 1.807) is 0 Å². The first kappa shape index (κ1) is 19.0. The second kappa shape index (κ2) is 10.5. The molecule has 2 rings (SSSR count). The van der Waals surface area contributed by atoms with Gasteiger partial charge < -0.3 is 9.47 Å². The summed E-state index contributed by atoms with van der Waals surface area (Å²) in [5.41, 5.74) is 3.49. The fourth-order valence-corrected chi connectivity index (χ4v) is 2.77. The van der Waals surface area contributed by atoms with Crippen LogP contribution in [-0.4, -0.2) is 19.7 Å². The van der Waals surface area contributed by atoms with Gasteiger partial charge in [-0.2, -0.15) is 0 Å². The molecule has 3 nitrogen and oxygen atoms in total. The molecule has 0 aliphatic heterocycles. The molecule has 0 spiro atoms. The van der Waals surface area contributed by atoms with Gasteiger partial charge in [0.1, 0.15) is 5.75 Å². The maximum absolute atomic E-state index is 11.3. The lowest BCUT2D eigenvalue weighted by Crippen LogP contribution is -2.01. The van der Waals surface area contributed by atoms with Gasteiger partial charge in [0, 0.05) is 12.0 Å². The Bertz CT molecular complexity index is 650. The zero-order chi connectivity index (χ0) is 17.9. The van der Waals surface area contributed by atoms with E-state index in [9.17, 15) is 4.79 Å². The van der Waals surface area contributed by atoms with Crippen LogP contribution in [0.2, 0.25) is 0 Å². The molecule has 0 heterocycles. The molecule has 0 radical (unpaired) electrons. The molecule has 0 bridgehead atoms. The molecule has 0 aromatic heterocycles. The number of carbonyl (C=O) groups excluding carboxylic acids is 1. The van der Waals surface area contributed by atoms with Crippen molar-refractivity contribution in [1.82, 2.24) is 0 Å². The van der Waals surface area contributed by atoms with Crippen LogP contribution in [0.1, 0.15) is 44.6 Å². The highest BCUT2D eigenvalue weighted by Gasteiger charge is 2.09. The second-order valence-electron chi connectivity index (χ2n) is 6.18. The Kier molecular flexibility index (Phi) is 8.03. The average molecular weight is 340 g/mol. The summed E-state index contributed by atoms with van der Waals surface area (Å²) in [7, 11) is 1.43. The number of hydrogen-bond acceptors (Lipinski definition) is 3. The van der Waals surface area contributed by atoms with E-state index >= 15 is 0 Å². The molecule has 0 saturated heterocycles. The van der Waals surface area contributed by atoms with Crippen LogP contribution >= 0.6 is 0 Å². The highest BCUT2D eigenvalue weighted by molar-refractivity contribution is 5.71. The summed E-state index contributed by atoms with van der Waals surface area (Å²) in [6.45, 7) is 2.94. The minimum absolute atomic E-state index is 0.154. The molecule has 0 fully saturated rings. The van der Waals surface area contributed by atoms with Gasteiger partial charge in [-0.15, -0.1) is 0 Å². The monoisotopic (exact) mass is 340 g/mol. The number of hydrogen-bond donors (Lipinski definition) is 0. The predicted molar refractivity (Wildman–Crippen MR) is 102 cm³/mol. The SMILES string of the molecule is CCCCCOc1ccc(CCCC(=O)OC)cc1-c1ccccc1. The number of aryl methyl sites for hydroxylation is 1. The molecule has 0 N–H and O–H groups in total. The topological polar surface area (TPSA) is 35.5 Å². The number of carbonyl (C=O) groups is 1. The predicted octanol–water partition coefficient (Wildman–Crippen LogP) is 5.42.